The molecule has 3 aliphatic rings. The number of anilines is 1. The van der Waals surface area contributed by atoms with Crippen LogP contribution in [0.1, 0.15) is 36.1 Å². The molecule has 0 radical (unpaired) electrons. The van der Waals surface area contributed by atoms with Crippen LogP contribution in [0.5, 0.6) is 0 Å². The van der Waals surface area contributed by atoms with Crippen LogP contribution < -0.4 is 10.2 Å². The summed E-state index contributed by atoms with van der Waals surface area (Å²) in [6, 6.07) is 5.14. The molecule has 0 aromatic carbocycles. The first-order chi connectivity index (χ1) is 9.85. The van der Waals surface area contributed by atoms with Crippen LogP contribution in [0.15, 0.2) is 6.07 Å². The van der Waals surface area contributed by atoms with E-state index in [1.54, 1.807) is 0 Å². The molecule has 1 aromatic rings. The highest BCUT2D eigenvalue weighted by atomic mass is 15.2. The smallest absolute Gasteiger partial charge is 0.146 e. The molecule has 0 amide bonds. The zero-order chi connectivity index (χ0) is 13.5. The van der Waals surface area contributed by atoms with E-state index in [9.17, 15) is 5.26 Å². The van der Waals surface area contributed by atoms with E-state index < -0.39 is 0 Å². The highest BCUT2D eigenvalue weighted by molar-refractivity contribution is 5.57. The van der Waals surface area contributed by atoms with Crippen molar-refractivity contribution in [3.63, 3.8) is 0 Å². The average molecular weight is 268 g/mol. The second-order valence-electron chi connectivity index (χ2n) is 6.27. The van der Waals surface area contributed by atoms with Gasteiger partial charge in [-0.15, -0.1) is 0 Å². The van der Waals surface area contributed by atoms with Gasteiger partial charge in [0.1, 0.15) is 11.9 Å². The third kappa shape index (κ3) is 1.89. The summed E-state index contributed by atoms with van der Waals surface area (Å²) in [5.74, 6) is 1.67. The maximum Gasteiger partial charge on any atom is 0.146 e. The van der Waals surface area contributed by atoms with Gasteiger partial charge in [0.05, 0.1) is 5.56 Å². The van der Waals surface area contributed by atoms with Gasteiger partial charge < -0.3 is 10.2 Å². The molecular formula is C16H20N4. The third-order valence-corrected chi connectivity index (χ3v) is 5.11. The fraction of sp³-hybridized carbons (Fsp3) is 0.625. The highest BCUT2D eigenvalue weighted by Crippen LogP contribution is 2.31. The number of pyridine rings is 1. The van der Waals surface area contributed by atoms with Crippen molar-refractivity contribution in [2.45, 2.75) is 38.1 Å². The van der Waals surface area contributed by atoms with Crippen molar-refractivity contribution in [2.75, 3.05) is 24.5 Å². The molecular weight excluding hydrogens is 248 g/mol. The van der Waals surface area contributed by atoms with E-state index in [1.807, 2.05) is 0 Å². The van der Waals surface area contributed by atoms with Gasteiger partial charge in [-0.05, 0) is 56.2 Å². The zero-order valence-corrected chi connectivity index (χ0v) is 11.7. The molecule has 1 N–H and O–H groups in total. The number of aryl methyl sites for hydroxylation is 2. The van der Waals surface area contributed by atoms with Gasteiger partial charge in [-0.1, -0.05) is 0 Å². The van der Waals surface area contributed by atoms with Crippen molar-refractivity contribution in [3.8, 4) is 6.07 Å². The minimum absolute atomic E-state index is 0.686. The first-order valence-corrected chi connectivity index (χ1v) is 7.76. The van der Waals surface area contributed by atoms with E-state index in [-0.39, 0.29) is 0 Å². The minimum atomic E-state index is 0.686. The van der Waals surface area contributed by atoms with Gasteiger partial charge in [0, 0.05) is 24.8 Å². The van der Waals surface area contributed by atoms with Crippen LogP contribution in [0.3, 0.4) is 0 Å². The Kier molecular flexibility index (Phi) is 2.89. The van der Waals surface area contributed by atoms with Gasteiger partial charge in [0.2, 0.25) is 0 Å². The van der Waals surface area contributed by atoms with E-state index >= 15 is 0 Å². The van der Waals surface area contributed by atoms with E-state index in [1.165, 1.54) is 30.5 Å². The summed E-state index contributed by atoms with van der Waals surface area (Å²) in [6.07, 6.45) is 5.79. The molecule has 1 aliphatic carbocycles. The summed E-state index contributed by atoms with van der Waals surface area (Å²) in [5.41, 5.74) is 3.29. The summed E-state index contributed by atoms with van der Waals surface area (Å²) >= 11 is 0. The number of fused-ring (bicyclic) bond motifs is 2. The summed E-state index contributed by atoms with van der Waals surface area (Å²) in [4.78, 5) is 7.20. The number of nitrogens with one attached hydrogen (secondary N) is 1. The normalized spacial score (nSPS) is 28.1. The van der Waals surface area contributed by atoms with Crippen LogP contribution in [0.25, 0.3) is 0 Å². The summed E-state index contributed by atoms with van der Waals surface area (Å²) in [7, 11) is 0. The lowest BCUT2D eigenvalue weighted by Crippen LogP contribution is -2.45. The van der Waals surface area contributed by atoms with Gasteiger partial charge in [0.15, 0.2) is 0 Å². The fourth-order valence-electron chi connectivity index (χ4n) is 4.02. The molecule has 2 aliphatic heterocycles. The Bertz CT molecular complexity index is 575. The predicted molar refractivity (Wildman–Crippen MR) is 77.7 cm³/mol. The lowest BCUT2D eigenvalue weighted by Gasteiger charge is -2.36. The fourth-order valence-corrected chi connectivity index (χ4v) is 4.02. The lowest BCUT2D eigenvalue weighted by atomic mass is 9.93. The van der Waals surface area contributed by atoms with Crippen molar-refractivity contribution < 1.29 is 0 Å². The van der Waals surface area contributed by atoms with Gasteiger partial charge in [-0.2, -0.15) is 5.26 Å². The number of hydrogen-bond donors (Lipinski definition) is 1. The molecule has 0 spiro atoms. The zero-order valence-electron chi connectivity index (χ0n) is 11.7. The van der Waals surface area contributed by atoms with E-state index in [0.29, 0.717) is 6.04 Å². The van der Waals surface area contributed by atoms with Gasteiger partial charge in [-0.3, -0.25) is 0 Å². The number of nitriles is 1. The van der Waals surface area contributed by atoms with E-state index in [2.05, 4.69) is 22.4 Å². The molecule has 3 heterocycles. The number of rotatable bonds is 1. The molecule has 2 atom stereocenters. The Morgan fingerprint density at radius 1 is 1.35 bits per heavy atom. The average Bonchev–Trinajstić information content (AvgIpc) is 3.13. The Hall–Kier alpha value is -1.60. The lowest BCUT2D eigenvalue weighted by molar-refractivity contribution is 0.375. The highest BCUT2D eigenvalue weighted by Gasteiger charge is 2.34. The van der Waals surface area contributed by atoms with Gasteiger partial charge in [0.25, 0.3) is 0 Å². The molecule has 0 bridgehead atoms. The van der Waals surface area contributed by atoms with Crippen LogP contribution >= 0.6 is 0 Å². The van der Waals surface area contributed by atoms with Crippen LogP contribution in [0.2, 0.25) is 0 Å². The number of piperidine rings is 1. The Balaban J connectivity index is 1.66. The van der Waals surface area contributed by atoms with Crippen LogP contribution in [0.4, 0.5) is 5.82 Å². The molecule has 2 fully saturated rings. The van der Waals surface area contributed by atoms with E-state index in [4.69, 9.17) is 4.98 Å². The van der Waals surface area contributed by atoms with Crippen LogP contribution in [0, 0.1) is 17.2 Å². The number of nitrogens with zero attached hydrogens (tertiary/aromatic N) is 3. The first-order valence-electron chi connectivity index (χ1n) is 7.76. The second-order valence-corrected chi connectivity index (χ2v) is 6.27. The van der Waals surface area contributed by atoms with Gasteiger partial charge >= 0.3 is 0 Å². The quantitative estimate of drug-likeness (QED) is 0.841. The molecule has 2 unspecified atom stereocenters. The first kappa shape index (κ1) is 12.2. The summed E-state index contributed by atoms with van der Waals surface area (Å²) < 4.78 is 0. The predicted octanol–water partition coefficient (Wildman–Crippen LogP) is 1.63. The Labute approximate surface area is 119 Å². The standard InChI is InChI=1S/C16H20N4/c17-9-13-8-11-2-1-3-15(11)19-16(13)20-7-5-14-12(10-20)4-6-18-14/h8,12,14,18H,1-7,10H2. The molecule has 4 rings (SSSR count). The van der Waals surface area contributed by atoms with Crippen molar-refractivity contribution in [3.05, 3.63) is 22.9 Å². The van der Waals surface area contributed by atoms with Crippen molar-refractivity contribution in [2.24, 2.45) is 5.92 Å². The van der Waals surface area contributed by atoms with Crippen molar-refractivity contribution in [1.82, 2.24) is 10.3 Å². The van der Waals surface area contributed by atoms with Gasteiger partial charge in [-0.25, -0.2) is 4.98 Å². The molecule has 20 heavy (non-hydrogen) atoms. The van der Waals surface area contributed by atoms with E-state index in [0.717, 1.165) is 49.8 Å². The Morgan fingerprint density at radius 2 is 2.30 bits per heavy atom. The largest absolute Gasteiger partial charge is 0.355 e. The maximum atomic E-state index is 9.44. The molecule has 1 aromatic heterocycles. The summed E-state index contributed by atoms with van der Waals surface area (Å²) in [5, 5.41) is 13.0. The number of hydrogen-bond acceptors (Lipinski definition) is 4. The number of aromatic nitrogens is 1. The Morgan fingerprint density at radius 3 is 3.20 bits per heavy atom. The van der Waals surface area contributed by atoms with Crippen molar-refractivity contribution in [1.29, 1.82) is 5.26 Å². The molecule has 104 valence electrons. The molecule has 4 nitrogen and oxygen atoms in total. The maximum absolute atomic E-state index is 9.44. The van der Waals surface area contributed by atoms with Crippen molar-refractivity contribution >= 4 is 5.82 Å². The molecule has 0 saturated carbocycles. The summed E-state index contributed by atoms with van der Waals surface area (Å²) in [6.45, 7) is 3.22. The molecule has 2 saturated heterocycles. The topological polar surface area (TPSA) is 52.0 Å². The second kappa shape index (κ2) is 4.75. The third-order valence-electron chi connectivity index (χ3n) is 5.11. The van der Waals surface area contributed by atoms with Crippen LogP contribution in [-0.2, 0) is 12.8 Å². The monoisotopic (exact) mass is 268 g/mol. The SMILES string of the molecule is N#Cc1cc2c(nc1N1CCC3NCCC3C1)CCC2. The molecule has 4 heteroatoms. The minimum Gasteiger partial charge on any atom is -0.355 e. The van der Waals surface area contributed by atoms with Crippen LogP contribution in [-0.4, -0.2) is 30.7 Å².